The summed E-state index contributed by atoms with van der Waals surface area (Å²) in [4.78, 5) is 6.43. The van der Waals surface area contributed by atoms with Gasteiger partial charge in [0.15, 0.2) is 0 Å². The molecule has 0 saturated carbocycles. The lowest BCUT2D eigenvalue weighted by molar-refractivity contribution is 0.109. The van der Waals surface area contributed by atoms with Gasteiger partial charge >= 0.3 is 0 Å². The van der Waals surface area contributed by atoms with Gasteiger partial charge in [0, 0.05) is 37.3 Å². The van der Waals surface area contributed by atoms with E-state index < -0.39 is 0 Å². The number of hydrogen-bond donors (Lipinski definition) is 2. The molecule has 0 radical (unpaired) electrons. The van der Waals surface area contributed by atoms with Gasteiger partial charge in [-0.3, -0.25) is 0 Å². The highest BCUT2D eigenvalue weighted by molar-refractivity contribution is 5.91. The van der Waals surface area contributed by atoms with Crippen LogP contribution in [0, 0.1) is 0 Å². The maximum absolute atomic E-state index is 5.93. The Kier molecular flexibility index (Phi) is 6.26. The number of benzene rings is 1. The van der Waals surface area contributed by atoms with E-state index in [0.29, 0.717) is 18.2 Å². The number of nitrogens with zero attached hydrogens (tertiary/aromatic N) is 4. The van der Waals surface area contributed by atoms with Crippen LogP contribution >= 0.6 is 0 Å². The SMILES string of the molecule is C.CN1CCC(Oc2ccc(NCc3ccc4c(N)nccc4c3)nn2)CC1. The molecular weight excluding hydrogens is 352 g/mol. The van der Waals surface area contributed by atoms with Gasteiger partial charge in [-0.1, -0.05) is 19.6 Å². The van der Waals surface area contributed by atoms with E-state index in [0.717, 1.165) is 48.1 Å². The fraction of sp³-hybridized carbons (Fsp3) is 0.381. The predicted molar refractivity (Wildman–Crippen MR) is 113 cm³/mol. The average molecular weight is 380 g/mol. The molecule has 0 amide bonds. The summed E-state index contributed by atoms with van der Waals surface area (Å²) in [6.45, 7) is 2.78. The van der Waals surface area contributed by atoms with E-state index in [1.54, 1.807) is 6.20 Å². The number of likely N-dealkylation sites (tertiary alicyclic amines) is 1. The van der Waals surface area contributed by atoms with Crippen molar-refractivity contribution in [3.63, 3.8) is 0 Å². The topological polar surface area (TPSA) is 89.2 Å². The summed E-state index contributed by atoms with van der Waals surface area (Å²) in [6, 6.07) is 11.9. The second kappa shape index (κ2) is 8.84. The largest absolute Gasteiger partial charge is 0.473 e. The number of pyridine rings is 1. The van der Waals surface area contributed by atoms with Gasteiger partial charge in [0.05, 0.1) is 0 Å². The highest BCUT2D eigenvalue weighted by atomic mass is 16.5. The second-order valence-corrected chi connectivity index (χ2v) is 6.98. The maximum Gasteiger partial charge on any atom is 0.233 e. The summed E-state index contributed by atoms with van der Waals surface area (Å²) in [5.41, 5.74) is 7.04. The molecule has 148 valence electrons. The summed E-state index contributed by atoms with van der Waals surface area (Å²) in [5.74, 6) is 1.86. The lowest BCUT2D eigenvalue weighted by Gasteiger charge is -2.28. The number of anilines is 2. The molecule has 0 bridgehead atoms. The van der Waals surface area contributed by atoms with Crippen molar-refractivity contribution in [2.75, 3.05) is 31.2 Å². The Bertz CT molecular complexity index is 906. The lowest BCUT2D eigenvalue weighted by atomic mass is 10.1. The predicted octanol–water partition coefficient (Wildman–Crippen LogP) is 3.33. The van der Waals surface area contributed by atoms with Crippen molar-refractivity contribution >= 4 is 22.4 Å². The quantitative estimate of drug-likeness (QED) is 0.702. The van der Waals surface area contributed by atoms with E-state index in [1.807, 2.05) is 30.3 Å². The number of aromatic nitrogens is 3. The molecular formula is C21H28N6O. The fourth-order valence-electron chi connectivity index (χ4n) is 3.30. The van der Waals surface area contributed by atoms with E-state index in [2.05, 4.69) is 38.5 Å². The number of nitrogens with one attached hydrogen (secondary N) is 1. The molecule has 0 unspecified atom stereocenters. The number of piperidine rings is 1. The normalized spacial score (nSPS) is 15.2. The van der Waals surface area contributed by atoms with Gasteiger partial charge in [0.2, 0.25) is 5.88 Å². The van der Waals surface area contributed by atoms with Gasteiger partial charge in [-0.2, -0.15) is 0 Å². The Labute approximate surface area is 165 Å². The van der Waals surface area contributed by atoms with E-state index in [9.17, 15) is 0 Å². The molecule has 3 aromatic rings. The summed E-state index contributed by atoms with van der Waals surface area (Å²) in [5, 5.41) is 13.8. The number of fused-ring (bicyclic) bond motifs is 1. The standard InChI is InChI=1S/C20H24N6O.CH4/c1-26-10-7-16(8-11-26)27-19-5-4-18(24-25-19)23-13-14-2-3-17-15(12-14)6-9-22-20(17)21;/h2-6,9,12,16H,7-8,10-11,13H2,1H3,(H2,21,22)(H,23,24);1H4. The summed E-state index contributed by atoms with van der Waals surface area (Å²) < 4.78 is 5.93. The molecule has 2 aromatic heterocycles. The second-order valence-electron chi connectivity index (χ2n) is 6.98. The zero-order valence-electron chi connectivity index (χ0n) is 15.4. The van der Waals surface area contributed by atoms with Crippen molar-refractivity contribution in [3.05, 3.63) is 48.2 Å². The highest BCUT2D eigenvalue weighted by Crippen LogP contribution is 2.21. The average Bonchev–Trinajstić information content (AvgIpc) is 2.69. The van der Waals surface area contributed by atoms with Gasteiger partial charge in [0.1, 0.15) is 17.7 Å². The van der Waals surface area contributed by atoms with Crippen molar-refractivity contribution in [2.24, 2.45) is 0 Å². The van der Waals surface area contributed by atoms with Gasteiger partial charge in [-0.05, 0) is 49.0 Å². The molecule has 0 spiro atoms. The first-order valence-electron chi connectivity index (χ1n) is 9.23. The van der Waals surface area contributed by atoms with Gasteiger partial charge in [-0.25, -0.2) is 4.98 Å². The van der Waals surface area contributed by atoms with Crippen LogP contribution < -0.4 is 15.8 Å². The summed E-state index contributed by atoms with van der Waals surface area (Å²) >= 11 is 0. The van der Waals surface area contributed by atoms with Crippen molar-refractivity contribution in [2.45, 2.75) is 32.9 Å². The zero-order valence-corrected chi connectivity index (χ0v) is 15.4. The third-order valence-electron chi connectivity index (χ3n) is 4.93. The Morgan fingerprint density at radius 1 is 1.14 bits per heavy atom. The van der Waals surface area contributed by atoms with E-state index in [1.165, 1.54) is 0 Å². The maximum atomic E-state index is 5.93. The van der Waals surface area contributed by atoms with Crippen LogP contribution in [0.3, 0.4) is 0 Å². The van der Waals surface area contributed by atoms with Crippen LogP contribution in [-0.4, -0.2) is 46.3 Å². The molecule has 1 fully saturated rings. The molecule has 0 aliphatic carbocycles. The number of ether oxygens (including phenoxy) is 1. The van der Waals surface area contributed by atoms with Gasteiger partial charge < -0.3 is 20.7 Å². The first kappa shape index (κ1) is 19.8. The minimum absolute atomic E-state index is 0. The van der Waals surface area contributed by atoms with Crippen molar-refractivity contribution in [1.29, 1.82) is 0 Å². The van der Waals surface area contributed by atoms with E-state index in [4.69, 9.17) is 10.5 Å². The molecule has 1 aliphatic rings. The van der Waals surface area contributed by atoms with E-state index >= 15 is 0 Å². The van der Waals surface area contributed by atoms with Crippen LogP contribution in [0.1, 0.15) is 25.8 Å². The Hall–Kier alpha value is -2.93. The molecule has 7 heteroatoms. The van der Waals surface area contributed by atoms with Crippen LogP contribution in [0.5, 0.6) is 5.88 Å². The molecule has 3 heterocycles. The molecule has 1 aliphatic heterocycles. The summed E-state index contributed by atoms with van der Waals surface area (Å²) in [7, 11) is 2.14. The number of nitrogen functional groups attached to an aromatic ring is 1. The zero-order chi connectivity index (χ0) is 18.6. The molecule has 28 heavy (non-hydrogen) atoms. The van der Waals surface area contributed by atoms with Crippen LogP contribution in [0.15, 0.2) is 42.6 Å². The number of nitrogens with two attached hydrogens (primary N) is 1. The molecule has 3 N–H and O–H groups in total. The first-order chi connectivity index (χ1) is 13.2. The Morgan fingerprint density at radius 3 is 2.71 bits per heavy atom. The van der Waals surface area contributed by atoms with Crippen LogP contribution in [-0.2, 0) is 6.54 Å². The minimum Gasteiger partial charge on any atom is -0.473 e. The molecule has 1 aromatic carbocycles. The van der Waals surface area contributed by atoms with Crippen molar-refractivity contribution in [1.82, 2.24) is 20.1 Å². The first-order valence-corrected chi connectivity index (χ1v) is 9.23. The van der Waals surface area contributed by atoms with Crippen molar-refractivity contribution in [3.8, 4) is 5.88 Å². The monoisotopic (exact) mass is 380 g/mol. The Balaban J connectivity index is 0.00000225. The molecule has 0 atom stereocenters. The molecule has 7 nitrogen and oxygen atoms in total. The van der Waals surface area contributed by atoms with Gasteiger partial charge in [0.25, 0.3) is 0 Å². The third-order valence-corrected chi connectivity index (χ3v) is 4.93. The van der Waals surface area contributed by atoms with Crippen LogP contribution in [0.4, 0.5) is 11.6 Å². The Morgan fingerprint density at radius 2 is 1.96 bits per heavy atom. The summed E-state index contributed by atoms with van der Waals surface area (Å²) in [6.07, 6.45) is 4.01. The smallest absolute Gasteiger partial charge is 0.233 e. The molecule has 4 rings (SSSR count). The molecule has 1 saturated heterocycles. The van der Waals surface area contributed by atoms with Crippen molar-refractivity contribution < 1.29 is 4.74 Å². The highest BCUT2D eigenvalue weighted by Gasteiger charge is 2.18. The lowest BCUT2D eigenvalue weighted by Crippen LogP contribution is -2.35. The fourth-order valence-corrected chi connectivity index (χ4v) is 3.30. The number of rotatable bonds is 5. The van der Waals surface area contributed by atoms with E-state index in [-0.39, 0.29) is 13.5 Å². The van der Waals surface area contributed by atoms with Crippen LogP contribution in [0.2, 0.25) is 0 Å². The number of hydrogen-bond acceptors (Lipinski definition) is 7. The minimum atomic E-state index is 0. The van der Waals surface area contributed by atoms with Crippen LogP contribution in [0.25, 0.3) is 10.8 Å². The third kappa shape index (κ3) is 4.67. The van der Waals surface area contributed by atoms with Gasteiger partial charge in [-0.15, -0.1) is 10.2 Å².